The van der Waals surface area contributed by atoms with Crippen molar-refractivity contribution in [1.29, 1.82) is 0 Å². The average molecular weight is 236 g/mol. The number of rotatable bonds is 1. The van der Waals surface area contributed by atoms with Gasteiger partial charge in [0, 0.05) is 0 Å². The number of nitrogens with zero attached hydrogens (tertiary/aromatic N) is 2. The van der Waals surface area contributed by atoms with E-state index in [2.05, 4.69) is 38.0 Å². The minimum Gasteiger partial charge on any atom is -0.307 e. The first kappa shape index (κ1) is 6.69. The average Bonchev–Trinajstić information content (AvgIpc) is 1.90. The molecule has 0 atom stereocenters. The molecule has 0 saturated carbocycles. The van der Waals surface area contributed by atoms with Gasteiger partial charge < -0.3 is 5.43 Å². The Bertz CT molecular complexity index is 184. The SMILES string of the molecule is NNc1cnc(I)cn1. The predicted octanol–water partition coefficient (Wildman–Crippen LogP) is 0.367. The summed E-state index contributed by atoms with van der Waals surface area (Å²) >= 11 is 2.07. The van der Waals surface area contributed by atoms with Crippen LogP contribution in [0.25, 0.3) is 0 Å². The zero-order chi connectivity index (χ0) is 6.69. The van der Waals surface area contributed by atoms with Gasteiger partial charge in [-0.05, 0) is 22.6 Å². The lowest BCUT2D eigenvalue weighted by molar-refractivity contribution is 1.13. The minimum absolute atomic E-state index is 0.579. The fourth-order valence-corrected chi connectivity index (χ4v) is 0.665. The first-order valence-corrected chi connectivity index (χ1v) is 3.35. The molecule has 0 aliphatic carbocycles. The third-order valence-electron chi connectivity index (χ3n) is 0.768. The van der Waals surface area contributed by atoms with E-state index < -0.39 is 0 Å². The van der Waals surface area contributed by atoms with E-state index in [1.807, 2.05) is 0 Å². The Labute approximate surface area is 66.0 Å². The monoisotopic (exact) mass is 236 g/mol. The van der Waals surface area contributed by atoms with Crippen LogP contribution in [0.5, 0.6) is 0 Å². The Hall–Kier alpha value is -0.430. The van der Waals surface area contributed by atoms with E-state index in [1.165, 1.54) is 0 Å². The predicted molar refractivity (Wildman–Crippen MR) is 42.6 cm³/mol. The van der Waals surface area contributed by atoms with Gasteiger partial charge in [0.05, 0.1) is 12.4 Å². The standard InChI is InChI=1S/C4H5IN4/c5-3-1-8-4(9-6)2-7-3/h1-2H,6H2,(H,8,9). The van der Waals surface area contributed by atoms with Gasteiger partial charge in [0.25, 0.3) is 0 Å². The van der Waals surface area contributed by atoms with E-state index in [1.54, 1.807) is 12.4 Å². The molecule has 4 nitrogen and oxygen atoms in total. The maximum Gasteiger partial charge on any atom is 0.158 e. The summed E-state index contributed by atoms with van der Waals surface area (Å²) in [5.41, 5.74) is 2.38. The molecule has 0 amide bonds. The summed E-state index contributed by atoms with van der Waals surface area (Å²) in [6.45, 7) is 0. The van der Waals surface area contributed by atoms with Gasteiger partial charge in [-0.3, -0.25) is 0 Å². The van der Waals surface area contributed by atoms with Gasteiger partial charge in [-0.15, -0.1) is 0 Å². The second kappa shape index (κ2) is 2.92. The molecule has 1 heterocycles. The second-order valence-corrected chi connectivity index (χ2v) is 2.47. The van der Waals surface area contributed by atoms with E-state index in [9.17, 15) is 0 Å². The topological polar surface area (TPSA) is 63.8 Å². The third-order valence-corrected chi connectivity index (χ3v) is 1.33. The van der Waals surface area contributed by atoms with Crippen molar-refractivity contribution >= 4 is 28.4 Å². The maximum atomic E-state index is 5.04. The molecule has 0 radical (unpaired) electrons. The molecule has 0 unspecified atom stereocenters. The molecule has 3 N–H and O–H groups in total. The number of halogens is 1. The van der Waals surface area contributed by atoms with E-state index in [0.29, 0.717) is 5.82 Å². The summed E-state index contributed by atoms with van der Waals surface area (Å²) in [5, 5.41) is 0. The molecule has 9 heavy (non-hydrogen) atoms. The molecular formula is C4H5IN4. The molecule has 1 rings (SSSR count). The highest BCUT2D eigenvalue weighted by molar-refractivity contribution is 14.1. The summed E-state index contributed by atoms with van der Waals surface area (Å²) in [7, 11) is 0. The molecule has 0 aliphatic heterocycles. The van der Waals surface area contributed by atoms with E-state index in [-0.39, 0.29) is 0 Å². The Morgan fingerprint density at radius 2 is 2.22 bits per heavy atom. The van der Waals surface area contributed by atoms with Gasteiger partial charge in [-0.2, -0.15) is 0 Å². The van der Waals surface area contributed by atoms with Crippen LogP contribution < -0.4 is 11.3 Å². The zero-order valence-electron chi connectivity index (χ0n) is 4.50. The highest BCUT2D eigenvalue weighted by Gasteiger charge is 1.88. The van der Waals surface area contributed by atoms with Crippen LogP contribution in [0.4, 0.5) is 5.82 Å². The lowest BCUT2D eigenvalue weighted by atomic mass is 10.7. The van der Waals surface area contributed by atoms with Gasteiger partial charge in [-0.25, -0.2) is 15.8 Å². The second-order valence-electron chi connectivity index (χ2n) is 1.37. The maximum absolute atomic E-state index is 5.04. The lowest BCUT2D eigenvalue weighted by Gasteiger charge is -1.94. The zero-order valence-corrected chi connectivity index (χ0v) is 6.66. The van der Waals surface area contributed by atoms with Crippen LogP contribution in [0, 0.1) is 3.70 Å². The number of nitrogens with two attached hydrogens (primary N) is 1. The largest absolute Gasteiger partial charge is 0.307 e. The molecule has 0 saturated heterocycles. The Kier molecular flexibility index (Phi) is 2.17. The van der Waals surface area contributed by atoms with Gasteiger partial charge in [-0.1, -0.05) is 0 Å². The molecule has 5 heteroatoms. The Balaban J connectivity index is 2.88. The normalized spacial score (nSPS) is 9.11. The summed E-state index contributed by atoms with van der Waals surface area (Å²) in [5.74, 6) is 5.62. The first-order valence-electron chi connectivity index (χ1n) is 2.27. The van der Waals surface area contributed by atoms with Gasteiger partial charge in [0.2, 0.25) is 0 Å². The van der Waals surface area contributed by atoms with Crippen LogP contribution in [-0.4, -0.2) is 9.97 Å². The third kappa shape index (κ3) is 1.75. The fraction of sp³-hybridized carbons (Fsp3) is 0. The number of hydrogen-bond acceptors (Lipinski definition) is 4. The molecular weight excluding hydrogens is 231 g/mol. The molecule has 1 aromatic rings. The fourth-order valence-electron chi connectivity index (χ4n) is 0.387. The van der Waals surface area contributed by atoms with Crippen molar-refractivity contribution in [3.8, 4) is 0 Å². The van der Waals surface area contributed by atoms with E-state index in [4.69, 9.17) is 5.84 Å². The molecule has 0 aliphatic rings. The van der Waals surface area contributed by atoms with Crippen molar-refractivity contribution in [2.45, 2.75) is 0 Å². The lowest BCUT2D eigenvalue weighted by Crippen LogP contribution is -2.08. The molecule has 0 aromatic carbocycles. The molecule has 0 spiro atoms. The van der Waals surface area contributed by atoms with Gasteiger partial charge >= 0.3 is 0 Å². The van der Waals surface area contributed by atoms with Crippen LogP contribution >= 0.6 is 22.6 Å². The quantitative estimate of drug-likeness (QED) is 0.420. The van der Waals surface area contributed by atoms with Gasteiger partial charge in [0.1, 0.15) is 3.70 Å². The summed E-state index contributed by atoms with van der Waals surface area (Å²) in [4.78, 5) is 7.82. The van der Waals surface area contributed by atoms with Crippen molar-refractivity contribution in [3.05, 3.63) is 16.1 Å². The summed E-state index contributed by atoms with van der Waals surface area (Å²) in [6.07, 6.45) is 3.21. The smallest absolute Gasteiger partial charge is 0.158 e. The molecule has 1 aromatic heterocycles. The Morgan fingerprint density at radius 3 is 2.67 bits per heavy atom. The van der Waals surface area contributed by atoms with Crippen LogP contribution in [0.3, 0.4) is 0 Å². The first-order chi connectivity index (χ1) is 4.33. The summed E-state index contributed by atoms with van der Waals surface area (Å²) in [6, 6.07) is 0. The summed E-state index contributed by atoms with van der Waals surface area (Å²) < 4.78 is 0.853. The minimum atomic E-state index is 0.579. The highest BCUT2D eigenvalue weighted by atomic mass is 127. The van der Waals surface area contributed by atoms with Crippen molar-refractivity contribution in [2.24, 2.45) is 5.84 Å². The van der Waals surface area contributed by atoms with Crippen molar-refractivity contribution in [1.82, 2.24) is 9.97 Å². The van der Waals surface area contributed by atoms with Crippen LogP contribution in [0.15, 0.2) is 12.4 Å². The van der Waals surface area contributed by atoms with Crippen LogP contribution in [-0.2, 0) is 0 Å². The molecule has 0 fully saturated rings. The molecule has 0 bridgehead atoms. The molecule has 48 valence electrons. The number of hydrogen-bond donors (Lipinski definition) is 2. The van der Waals surface area contributed by atoms with Crippen molar-refractivity contribution < 1.29 is 0 Å². The van der Waals surface area contributed by atoms with Crippen molar-refractivity contribution in [3.63, 3.8) is 0 Å². The number of aromatic nitrogens is 2. The van der Waals surface area contributed by atoms with E-state index >= 15 is 0 Å². The number of nitrogen functional groups attached to an aromatic ring is 1. The number of nitrogens with one attached hydrogen (secondary N) is 1. The van der Waals surface area contributed by atoms with Crippen LogP contribution in [0.1, 0.15) is 0 Å². The highest BCUT2D eigenvalue weighted by Crippen LogP contribution is 2.00. The van der Waals surface area contributed by atoms with Crippen LogP contribution in [0.2, 0.25) is 0 Å². The van der Waals surface area contributed by atoms with E-state index in [0.717, 1.165) is 3.70 Å². The van der Waals surface area contributed by atoms with Gasteiger partial charge in [0.15, 0.2) is 5.82 Å². The van der Waals surface area contributed by atoms with Crippen molar-refractivity contribution in [2.75, 3.05) is 5.43 Å². The number of anilines is 1. The Morgan fingerprint density at radius 1 is 1.44 bits per heavy atom. The number of hydrazine groups is 1.